The predicted octanol–water partition coefficient (Wildman–Crippen LogP) is 11.6. The van der Waals surface area contributed by atoms with Crippen molar-refractivity contribution in [3.8, 4) is 65.8 Å². The topological polar surface area (TPSA) is 58.9 Å². The van der Waals surface area contributed by atoms with Crippen LogP contribution in [-0.4, -0.2) is 36.6 Å². The number of thiophene rings is 2. The molecule has 0 fully saturated rings. The molecule has 0 unspecified atom stereocenters. The lowest BCUT2D eigenvalue weighted by molar-refractivity contribution is 0.202. The monoisotopic (exact) mass is 754 g/mol. The molecule has 0 spiro atoms. The number of rotatable bonds is 12. The van der Waals surface area contributed by atoms with Crippen molar-refractivity contribution in [2.75, 3.05) is 26.4 Å². The molecule has 0 aliphatic heterocycles. The van der Waals surface area contributed by atoms with Gasteiger partial charge in [-0.2, -0.15) is 0 Å². The maximum atomic E-state index is 9.78. The van der Waals surface area contributed by atoms with Crippen LogP contribution in [0.1, 0.15) is 22.3 Å². The van der Waals surface area contributed by atoms with E-state index in [0.717, 1.165) is 44.9 Å². The summed E-state index contributed by atoms with van der Waals surface area (Å²) in [6.07, 6.45) is 0. The summed E-state index contributed by atoms with van der Waals surface area (Å²) < 4.78 is 12.4. The van der Waals surface area contributed by atoms with E-state index >= 15 is 0 Å². The van der Waals surface area contributed by atoms with Crippen LogP contribution in [-0.2, 0) is 5.41 Å². The third-order valence-corrected chi connectivity index (χ3v) is 12.3. The quantitative estimate of drug-likeness (QED) is 0.130. The first-order chi connectivity index (χ1) is 27.2. The van der Waals surface area contributed by atoms with E-state index < -0.39 is 5.41 Å². The lowest BCUT2D eigenvalue weighted by atomic mass is 9.66. The van der Waals surface area contributed by atoms with Crippen molar-refractivity contribution in [2.45, 2.75) is 5.41 Å². The third-order valence-electron chi connectivity index (χ3n) is 10.4. The van der Waals surface area contributed by atoms with E-state index in [1.165, 1.54) is 43.1 Å². The molecule has 0 saturated heterocycles. The molecule has 0 atom stereocenters. The normalized spacial score (nSPS) is 12.6. The third kappa shape index (κ3) is 6.27. The van der Waals surface area contributed by atoms with E-state index in [1.807, 2.05) is 36.4 Å². The van der Waals surface area contributed by atoms with Crippen LogP contribution in [0.15, 0.2) is 168 Å². The molecule has 270 valence electrons. The fourth-order valence-corrected chi connectivity index (χ4v) is 9.53. The van der Waals surface area contributed by atoms with Gasteiger partial charge in [-0.25, -0.2) is 0 Å². The first-order valence-electron chi connectivity index (χ1n) is 18.4. The van der Waals surface area contributed by atoms with Crippen molar-refractivity contribution in [1.29, 1.82) is 0 Å². The maximum Gasteiger partial charge on any atom is 0.127 e. The summed E-state index contributed by atoms with van der Waals surface area (Å²) in [6, 6.07) is 56.2. The molecule has 0 radical (unpaired) electrons. The molecule has 0 amide bonds. The Morgan fingerprint density at radius 3 is 1.27 bits per heavy atom. The summed E-state index contributed by atoms with van der Waals surface area (Å²) in [5.41, 5.74) is 12.5. The highest BCUT2D eigenvalue weighted by Crippen LogP contribution is 2.59. The van der Waals surface area contributed by atoms with Crippen LogP contribution in [0.3, 0.4) is 0 Å². The predicted molar refractivity (Wildman–Crippen MR) is 226 cm³/mol. The van der Waals surface area contributed by atoms with Gasteiger partial charge in [0.1, 0.15) is 24.7 Å². The highest BCUT2D eigenvalue weighted by Gasteiger charge is 2.47. The molecule has 6 aromatic carbocycles. The summed E-state index contributed by atoms with van der Waals surface area (Å²) in [5, 5.41) is 23.8. The van der Waals surface area contributed by atoms with Gasteiger partial charge in [0, 0.05) is 20.9 Å². The zero-order valence-electron chi connectivity index (χ0n) is 30.0. The van der Waals surface area contributed by atoms with Gasteiger partial charge in [0.05, 0.1) is 18.6 Å². The van der Waals surface area contributed by atoms with Crippen LogP contribution in [0.4, 0.5) is 0 Å². The zero-order valence-corrected chi connectivity index (χ0v) is 31.7. The summed E-state index contributed by atoms with van der Waals surface area (Å²) in [4.78, 5) is 2.42. The van der Waals surface area contributed by atoms with E-state index in [-0.39, 0.29) is 26.4 Å². The molecule has 9 rings (SSSR count). The second-order valence-corrected chi connectivity index (χ2v) is 15.4. The first kappa shape index (κ1) is 35.0. The molecule has 2 aromatic heterocycles. The molecule has 0 saturated carbocycles. The van der Waals surface area contributed by atoms with Gasteiger partial charge in [0.15, 0.2) is 0 Å². The molecular formula is C49H38O4S2. The molecule has 2 N–H and O–H groups in total. The van der Waals surface area contributed by atoms with Crippen molar-refractivity contribution in [3.63, 3.8) is 0 Å². The van der Waals surface area contributed by atoms with Gasteiger partial charge in [-0.05, 0) is 115 Å². The summed E-state index contributed by atoms with van der Waals surface area (Å²) in [5.74, 6) is 1.44. The second-order valence-electron chi connectivity index (χ2n) is 13.5. The average Bonchev–Trinajstić information content (AvgIpc) is 4.04. The Bertz CT molecular complexity index is 2380. The van der Waals surface area contributed by atoms with Gasteiger partial charge in [-0.1, -0.05) is 109 Å². The standard InChI is InChI=1S/C49H38O4S2/c50-23-25-52-45-21-17-37(31-41(45)33-9-3-1-4-10-33)49(38-18-22-46(53-26-24-51)42(32-38)34-11-5-2-6-12-34)43-29-35(47-13-7-27-54-47)15-19-39(43)40-20-16-36(30-44(40)49)48-14-8-28-55-48/h1-22,27-32,50-51H,23-26H2. The number of aliphatic hydroxyl groups is 2. The van der Waals surface area contributed by atoms with E-state index in [4.69, 9.17) is 9.47 Å². The van der Waals surface area contributed by atoms with Gasteiger partial charge in [-0.15, -0.1) is 22.7 Å². The maximum absolute atomic E-state index is 9.78. The van der Waals surface area contributed by atoms with Crippen molar-refractivity contribution in [3.05, 3.63) is 191 Å². The van der Waals surface area contributed by atoms with Crippen LogP contribution < -0.4 is 9.47 Å². The van der Waals surface area contributed by atoms with Gasteiger partial charge in [-0.3, -0.25) is 0 Å². The molecule has 1 aliphatic rings. The van der Waals surface area contributed by atoms with Gasteiger partial charge < -0.3 is 19.7 Å². The largest absolute Gasteiger partial charge is 0.491 e. The zero-order chi connectivity index (χ0) is 37.2. The van der Waals surface area contributed by atoms with Crippen molar-refractivity contribution < 1.29 is 19.7 Å². The van der Waals surface area contributed by atoms with Gasteiger partial charge in [0.2, 0.25) is 0 Å². The molecule has 0 bridgehead atoms. The molecule has 2 heterocycles. The number of ether oxygens (including phenoxy) is 2. The van der Waals surface area contributed by atoms with Crippen LogP contribution >= 0.6 is 22.7 Å². The second kappa shape index (κ2) is 15.2. The highest BCUT2D eigenvalue weighted by molar-refractivity contribution is 7.13. The van der Waals surface area contributed by atoms with E-state index in [2.05, 4.69) is 132 Å². The van der Waals surface area contributed by atoms with E-state index in [0.29, 0.717) is 0 Å². The molecular weight excluding hydrogens is 717 g/mol. The van der Waals surface area contributed by atoms with Crippen molar-refractivity contribution in [1.82, 2.24) is 0 Å². The molecule has 55 heavy (non-hydrogen) atoms. The van der Waals surface area contributed by atoms with Crippen molar-refractivity contribution in [2.24, 2.45) is 0 Å². The Balaban J connectivity index is 1.41. The van der Waals surface area contributed by atoms with Crippen LogP contribution in [0, 0.1) is 0 Å². The van der Waals surface area contributed by atoms with Gasteiger partial charge in [0.25, 0.3) is 0 Å². The Morgan fingerprint density at radius 1 is 0.418 bits per heavy atom. The van der Waals surface area contributed by atoms with Crippen LogP contribution in [0.2, 0.25) is 0 Å². The Labute approximate surface area is 329 Å². The fourth-order valence-electron chi connectivity index (χ4n) is 8.08. The fraction of sp³-hybridized carbons (Fsp3) is 0.102. The molecule has 4 nitrogen and oxygen atoms in total. The number of benzene rings is 6. The SMILES string of the molecule is OCCOc1ccc(C2(c3ccc(OCCO)c(-c4ccccc4)c3)c3cc(-c4cccs4)ccc3-c3ccc(-c4cccs4)cc32)cc1-c1ccccc1. The summed E-state index contributed by atoms with van der Waals surface area (Å²) >= 11 is 3.49. The van der Waals surface area contributed by atoms with Crippen LogP contribution in [0.25, 0.3) is 54.3 Å². The Morgan fingerprint density at radius 2 is 0.873 bits per heavy atom. The smallest absolute Gasteiger partial charge is 0.127 e. The number of fused-ring (bicyclic) bond motifs is 3. The lowest BCUT2D eigenvalue weighted by Gasteiger charge is -2.35. The lowest BCUT2D eigenvalue weighted by Crippen LogP contribution is -2.29. The van der Waals surface area contributed by atoms with Crippen molar-refractivity contribution >= 4 is 22.7 Å². The molecule has 8 aromatic rings. The number of hydrogen-bond donors (Lipinski definition) is 2. The summed E-state index contributed by atoms with van der Waals surface area (Å²) in [6.45, 7) is 0.232. The Kier molecular flexibility index (Phi) is 9.65. The minimum atomic E-state index is -0.775. The minimum Gasteiger partial charge on any atom is -0.491 e. The Hall–Kier alpha value is -5.76. The summed E-state index contributed by atoms with van der Waals surface area (Å²) in [7, 11) is 0. The first-order valence-corrected chi connectivity index (χ1v) is 20.2. The number of aliphatic hydroxyl groups excluding tert-OH is 2. The van der Waals surface area contributed by atoms with E-state index in [1.54, 1.807) is 22.7 Å². The van der Waals surface area contributed by atoms with E-state index in [9.17, 15) is 10.2 Å². The molecule has 1 aliphatic carbocycles. The minimum absolute atomic E-state index is 0.0787. The molecule has 6 heteroatoms. The van der Waals surface area contributed by atoms with Gasteiger partial charge >= 0.3 is 0 Å². The average molecular weight is 755 g/mol. The van der Waals surface area contributed by atoms with Crippen LogP contribution in [0.5, 0.6) is 11.5 Å². The highest BCUT2D eigenvalue weighted by atomic mass is 32.1. The number of hydrogen-bond acceptors (Lipinski definition) is 6.